The summed E-state index contributed by atoms with van der Waals surface area (Å²) in [5.74, 6) is 1.01. The van der Waals surface area contributed by atoms with Crippen molar-refractivity contribution < 1.29 is 4.74 Å². The van der Waals surface area contributed by atoms with Crippen molar-refractivity contribution in [2.45, 2.75) is 26.3 Å². The van der Waals surface area contributed by atoms with Gasteiger partial charge in [0.1, 0.15) is 5.75 Å². The van der Waals surface area contributed by atoms with E-state index in [0.717, 1.165) is 18.7 Å². The number of hydrogen-bond acceptors (Lipinski definition) is 3. The molecule has 1 atom stereocenters. The molecule has 0 aromatic carbocycles. The molecule has 0 radical (unpaired) electrons. The van der Waals surface area contributed by atoms with E-state index in [1.165, 1.54) is 4.88 Å². The number of methoxy groups -OCH3 is 1. The van der Waals surface area contributed by atoms with Crippen molar-refractivity contribution in [2.75, 3.05) is 13.7 Å². The summed E-state index contributed by atoms with van der Waals surface area (Å²) in [5, 5.41) is 5.52. The van der Waals surface area contributed by atoms with Crippen molar-refractivity contribution in [1.82, 2.24) is 5.32 Å². The molecule has 0 aliphatic carbocycles. The highest BCUT2D eigenvalue weighted by Crippen LogP contribution is 2.32. The zero-order chi connectivity index (χ0) is 9.68. The van der Waals surface area contributed by atoms with Gasteiger partial charge in [0.05, 0.1) is 12.0 Å². The van der Waals surface area contributed by atoms with Crippen molar-refractivity contribution in [3.05, 3.63) is 16.3 Å². The third-order valence-electron chi connectivity index (χ3n) is 2.05. The lowest BCUT2D eigenvalue weighted by Gasteiger charge is -2.15. The molecule has 1 rings (SSSR count). The van der Waals surface area contributed by atoms with E-state index in [9.17, 15) is 0 Å². The van der Waals surface area contributed by atoms with Gasteiger partial charge in [-0.15, -0.1) is 11.3 Å². The van der Waals surface area contributed by atoms with Gasteiger partial charge in [0.25, 0.3) is 0 Å². The lowest BCUT2D eigenvalue weighted by molar-refractivity contribution is 0.402. The number of nitrogens with one attached hydrogen (secondary N) is 1. The number of rotatable bonds is 5. The Morgan fingerprint density at radius 1 is 1.54 bits per heavy atom. The Kier molecular flexibility index (Phi) is 4.25. The van der Waals surface area contributed by atoms with Gasteiger partial charge in [0, 0.05) is 6.04 Å². The molecule has 2 nitrogen and oxygen atoms in total. The zero-order valence-electron chi connectivity index (χ0n) is 8.46. The van der Waals surface area contributed by atoms with Crippen LogP contribution in [0.15, 0.2) is 11.4 Å². The van der Waals surface area contributed by atoms with Crippen molar-refractivity contribution >= 4 is 11.3 Å². The third kappa shape index (κ3) is 2.45. The molecule has 3 heteroatoms. The minimum Gasteiger partial charge on any atom is -0.496 e. The number of thiophene rings is 1. The van der Waals surface area contributed by atoms with Crippen LogP contribution in [-0.2, 0) is 0 Å². The molecule has 0 saturated carbocycles. The van der Waals surface area contributed by atoms with Crippen LogP contribution in [0, 0.1) is 0 Å². The van der Waals surface area contributed by atoms with Gasteiger partial charge in [-0.1, -0.05) is 13.8 Å². The Morgan fingerprint density at radius 2 is 2.31 bits per heavy atom. The van der Waals surface area contributed by atoms with Gasteiger partial charge in [0.2, 0.25) is 0 Å². The Balaban J connectivity index is 2.77. The van der Waals surface area contributed by atoms with E-state index in [1.807, 2.05) is 6.07 Å². The molecule has 1 heterocycles. The summed E-state index contributed by atoms with van der Waals surface area (Å²) < 4.78 is 5.28. The number of ether oxygens (including phenoxy) is 1. The van der Waals surface area contributed by atoms with Crippen LogP contribution in [0.1, 0.15) is 31.2 Å². The molecule has 13 heavy (non-hydrogen) atoms. The van der Waals surface area contributed by atoms with E-state index in [-0.39, 0.29) is 0 Å². The van der Waals surface area contributed by atoms with Gasteiger partial charge in [-0.3, -0.25) is 0 Å². The highest BCUT2D eigenvalue weighted by atomic mass is 32.1. The zero-order valence-corrected chi connectivity index (χ0v) is 9.28. The minimum atomic E-state index is 0.444. The van der Waals surface area contributed by atoms with Crippen molar-refractivity contribution in [2.24, 2.45) is 0 Å². The molecule has 0 spiro atoms. The average molecular weight is 199 g/mol. The molecule has 0 aliphatic heterocycles. The Hall–Kier alpha value is -0.540. The first-order valence-electron chi connectivity index (χ1n) is 4.68. The number of hydrogen-bond donors (Lipinski definition) is 1. The molecule has 0 bridgehead atoms. The fraction of sp³-hybridized carbons (Fsp3) is 0.600. The molecule has 0 aliphatic rings. The standard InChI is InChI=1S/C10H17NOS/c1-4-8(11-5-2)10-9(12-3)6-7-13-10/h6-8,11H,4-5H2,1-3H3. The maximum Gasteiger partial charge on any atom is 0.134 e. The quantitative estimate of drug-likeness (QED) is 0.787. The lowest BCUT2D eigenvalue weighted by Crippen LogP contribution is -2.19. The summed E-state index contributed by atoms with van der Waals surface area (Å²) in [7, 11) is 1.73. The van der Waals surface area contributed by atoms with E-state index in [4.69, 9.17) is 4.74 Å². The summed E-state index contributed by atoms with van der Waals surface area (Å²) in [5.41, 5.74) is 0. The maximum atomic E-state index is 5.28. The lowest BCUT2D eigenvalue weighted by atomic mass is 10.2. The highest BCUT2D eigenvalue weighted by molar-refractivity contribution is 7.10. The van der Waals surface area contributed by atoms with Crippen LogP contribution in [0.25, 0.3) is 0 Å². The molecule has 1 aromatic heterocycles. The summed E-state index contributed by atoms with van der Waals surface area (Å²) >= 11 is 1.76. The van der Waals surface area contributed by atoms with Gasteiger partial charge in [-0.05, 0) is 24.4 Å². The van der Waals surface area contributed by atoms with Crippen LogP contribution in [0.5, 0.6) is 5.75 Å². The van der Waals surface area contributed by atoms with Gasteiger partial charge in [-0.2, -0.15) is 0 Å². The van der Waals surface area contributed by atoms with E-state index < -0.39 is 0 Å². The SMILES string of the molecule is CCNC(CC)c1sccc1OC. The highest BCUT2D eigenvalue weighted by Gasteiger charge is 2.14. The van der Waals surface area contributed by atoms with Gasteiger partial charge >= 0.3 is 0 Å². The average Bonchev–Trinajstić information content (AvgIpc) is 2.61. The molecule has 1 N–H and O–H groups in total. The second kappa shape index (κ2) is 5.25. The van der Waals surface area contributed by atoms with Crippen LogP contribution in [0.2, 0.25) is 0 Å². The normalized spacial score (nSPS) is 12.8. The molecular formula is C10H17NOS. The topological polar surface area (TPSA) is 21.3 Å². The molecule has 1 aromatic rings. The van der Waals surface area contributed by atoms with Crippen LogP contribution in [0.4, 0.5) is 0 Å². The van der Waals surface area contributed by atoms with Gasteiger partial charge < -0.3 is 10.1 Å². The monoisotopic (exact) mass is 199 g/mol. The molecule has 74 valence electrons. The van der Waals surface area contributed by atoms with E-state index >= 15 is 0 Å². The summed E-state index contributed by atoms with van der Waals surface area (Å²) in [6.45, 7) is 5.31. The van der Waals surface area contributed by atoms with Crippen LogP contribution >= 0.6 is 11.3 Å². The summed E-state index contributed by atoms with van der Waals surface area (Å²) in [4.78, 5) is 1.31. The Labute approximate surface area is 83.9 Å². The largest absolute Gasteiger partial charge is 0.496 e. The smallest absolute Gasteiger partial charge is 0.134 e. The Bertz CT molecular complexity index is 247. The first-order valence-corrected chi connectivity index (χ1v) is 5.56. The third-order valence-corrected chi connectivity index (χ3v) is 3.06. The predicted octanol–water partition coefficient (Wildman–Crippen LogP) is 2.82. The van der Waals surface area contributed by atoms with Crippen LogP contribution in [0.3, 0.4) is 0 Å². The molecule has 0 fully saturated rings. The molecule has 0 amide bonds. The Morgan fingerprint density at radius 3 is 2.85 bits per heavy atom. The van der Waals surface area contributed by atoms with Crippen molar-refractivity contribution in [3.63, 3.8) is 0 Å². The second-order valence-electron chi connectivity index (χ2n) is 2.87. The fourth-order valence-electron chi connectivity index (χ4n) is 1.40. The fourth-order valence-corrected chi connectivity index (χ4v) is 2.42. The first-order chi connectivity index (χ1) is 6.33. The van der Waals surface area contributed by atoms with Crippen LogP contribution in [-0.4, -0.2) is 13.7 Å². The van der Waals surface area contributed by atoms with E-state index in [1.54, 1.807) is 18.4 Å². The van der Waals surface area contributed by atoms with E-state index in [2.05, 4.69) is 24.5 Å². The van der Waals surface area contributed by atoms with Crippen molar-refractivity contribution in [1.29, 1.82) is 0 Å². The summed E-state index contributed by atoms with van der Waals surface area (Å²) in [6, 6.07) is 2.47. The minimum absolute atomic E-state index is 0.444. The predicted molar refractivity (Wildman–Crippen MR) is 57.6 cm³/mol. The maximum absolute atomic E-state index is 5.28. The second-order valence-corrected chi connectivity index (χ2v) is 3.82. The van der Waals surface area contributed by atoms with Crippen LogP contribution < -0.4 is 10.1 Å². The molecule has 0 saturated heterocycles. The molecule has 1 unspecified atom stereocenters. The summed E-state index contributed by atoms with van der Waals surface area (Å²) in [6.07, 6.45) is 1.10. The molecular weight excluding hydrogens is 182 g/mol. The van der Waals surface area contributed by atoms with Gasteiger partial charge in [0.15, 0.2) is 0 Å². The van der Waals surface area contributed by atoms with Crippen molar-refractivity contribution in [3.8, 4) is 5.75 Å². The first kappa shape index (κ1) is 10.5. The van der Waals surface area contributed by atoms with Gasteiger partial charge in [-0.25, -0.2) is 0 Å². The van der Waals surface area contributed by atoms with E-state index in [0.29, 0.717) is 6.04 Å².